The summed E-state index contributed by atoms with van der Waals surface area (Å²) < 4.78 is 0. The van der Waals surface area contributed by atoms with E-state index in [2.05, 4.69) is 0 Å². The lowest BCUT2D eigenvalue weighted by Gasteiger charge is -1.96. The molecule has 0 radical (unpaired) electrons. The summed E-state index contributed by atoms with van der Waals surface area (Å²) in [7, 11) is 0. The zero-order valence-corrected chi connectivity index (χ0v) is 4.09. The molecule has 1 saturated carbocycles. The molecule has 0 aliphatic heterocycles. The summed E-state index contributed by atoms with van der Waals surface area (Å²) in [5.41, 5.74) is 9.46. The molecule has 0 aromatic carbocycles. The predicted octanol–water partition coefficient (Wildman–Crippen LogP) is -1.39. The smallest absolute Gasteiger partial charge is 0.118 e. The van der Waals surface area contributed by atoms with Crippen molar-refractivity contribution in [2.75, 3.05) is 6.54 Å². The summed E-state index contributed by atoms with van der Waals surface area (Å²) in [6.45, 7) is 0.507. The molecule has 0 spiro atoms. The van der Waals surface area contributed by atoms with Crippen molar-refractivity contribution in [3.8, 4) is 0 Å². The van der Waals surface area contributed by atoms with Gasteiger partial charge in [-0.05, 0) is 13.0 Å². The van der Waals surface area contributed by atoms with Gasteiger partial charge in [0.05, 0.1) is 0 Å². The Morgan fingerprint density at radius 2 is 2.29 bits per heavy atom. The first-order valence-electron chi connectivity index (χ1n) is 2.38. The van der Waals surface area contributed by atoms with Gasteiger partial charge in [0.2, 0.25) is 0 Å². The first kappa shape index (κ1) is 5.03. The average Bonchev–Trinajstić information content (AvgIpc) is 2.13. The van der Waals surface area contributed by atoms with Crippen LogP contribution in [0.2, 0.25) is 0 Å². The molecule has 2 atom stereocenters. The van der Waals surface area contributed by atoms with Crippen LogP contribution in [0.3, 0.4) is 0 Å². The molecule has 3 nitrogen and oxygen atoms in total. The molecule has 1 fully saturated rings. The molecule has 0 aromatic rings. The van der Waals surface area contributed by atoms with E-state index in [4.69, 9.17) is 16.6 Å². The van der Waals surface area contributed by atoms with Crippen LogP contribution < -0.4 is 11.5 Å². The molecular formula is C4H10N2O. The van der Waals surface area contributed by atoms with Crippen molar-refractivity contribution in [2.45, 2.75) is 12.1 Å². The molecular weight excluding hydrogens is 92.1 g/mol. The summed E-state index contributed by atoms with van der Waals surface area (Å²) in [5.74, 6) is 0.160. The largest absolute Gasteiger partial charge is 0.376 e. The molecule has 0 saturated heterocycles. The lowest BCUT2D eigenvalue weighted by atomic mass is 10.4. The minimum absolute atomic E-state index is 0.160. The van der Waals surface area contributed by atoms with Crippen LogP contribution >= 0.6 is 0 Å². The van der Waals surface area contributed by atoms with Crippen molar-refractivity contribution in [1.82, 2.24) is 0 Å². The second-order valence-electron chi connectivity index (χ2n) is 2.13. The van der Waals surface area contributed by atoms with Gasteiger partial charge in [-0.3, -0.25) is 0 Å². The SMILES string of the molecule is NCC1CC1(N)O. The van der Waals surface area contributed by atoms with Crippen molar-refractivity contribution in [1.29, 1.82) is 0 Å². The van der Waals surface area contributed by atoms with Gasteiger partial charge in [0.1, 0.15) is 5.72 Å². The van der Waals surface area contributed by atoms with Gasteiger partial charge < -0.3 is 16.6 Å². The van der Waals surface area contributed by atoms with Gasteiger partial charge in [0, 0.05) is 5.92 Å². The number of aliphatic hydroxyl groups is 1. The van der Waals surface area contributed by atoms with Crippen LogP contribution in [-0.2, 0) is 0 Å². The van der Waals surface area contributed by atoms with Crippen LogP contribution in [0.1, 0.15) is 6.42 Å². The molecule has 2 unspecified atom stereocenters. The zero-order chi connectivity index (χ0) is 5.49. The monoisotopic (exact) mass is 102 g/mol. The normalized spacial score (nSPS) is 49.3. The predicted molar refractivity (Wildman–Crippen MR) is 26.3 cm³/mol. The van der Waals surface area contributed by atoms with Gasteiger partial charge in [0.15, 0.2) is 0 Å². The van der Waals surface area contributed by atoms with Gasteiger partial charge in [-0.15, -0.1) is 0 Å². The van der Waals surface area contributed by atoms with Gasteiger partial charge in [0.25, 0.3) is 0 Å². The van der Waals surface area contributed by atoms with E-state index < -0.39 is 5.72 Å². The molecule has 42 valence electrons. The average molecular weight is 102 g/mol. The molecule has 0 aromatic heterocycles. The quantitative estimate of drug-likeness (QED) is 0.357. The summed E-state index contributed by atoms with van der Waals surface area (Å²) in [6, 6.07) is 0. The van der Waals surface area contributed by atoms with Crippen LogP contribution in [0.4, 0.5) is 0 Å². The van der Waals surface area contributed by atoms with E-state index in [1.54, 1.807) is 0 Å². The van der Waals surface area contributed by atoms with Crippen LogP contribution in [0.15, 0.2) is 0 Å². The highest BCUT2D eigenvalue weighted by Crippen LogP contribution is 2.36. The minimum Gasteiger partial charge on any atom is -0.376 e. The van der Waals surface area contributed by atoms with E-state index in [9.17, 15) is 0 Å². The Morgan fingerprint density at radius 3 is 2.29 bits per heavy atom. The fraction of sp³-hybridized carbons (Fsp3) is 1.00. The third-order valence-electron chi connectivity index (χ3n) is 1.40. The van der Waals surface area contributed by atoms with E-state index in [-0.39, 0.29) is 5.92 Å². The molecule has 3 heteroatoms. The molecule has 1 aliphatic carbocycles. The Morgan fingerprint density at radius 1 is 1.86 bits per heavy atom. The zero-order valence-electron chi connectivity index (χ0n) is 4.09. The molecule has 0 bridgehead atoms. The number of rotatable bonds is 1. The van der Waals surface area contributed by atoms with Crippen LogP contribution in [0.25, 0.3) is 0 Å². The third-order valence-corrected chi connectivity index (χ3v) is 1.40. The van der Waals surface area contributed by atoms with E-state index in [0.29, 0.717) is 13.0 Å². The Labute approximate surface area is 42.3 Å². The number of nitrogens with two attached hydrogens (primary N) is 2. The van der Waals surface area contributed by atoms with Gasteiger partial charge in [-0.25, -0.2) is 0 Å². The maximum atomic E-state index is 8.79. The highest BCUT2D eigenvalue weighted by atomic mass is 16.3. The first-order valence-corrected chi connectivity index (χ1v) is 2.38. The maximum Gasteiger partial charge on any atom is 0.118 e. The lowest BCUT2D eigenvalue weighted by molar-refractivity contribution is 0.140. The van der Waals surface area contributed by atoms with Crippen LogP contribution in [-0.4, -0.2) is 17.4 Å². The molecule has 0 heterocycles. The standard InChI is InChI=1S/C4H10N2O/c5-2-3-1-4(3,6)7/h3,7H,1-2,5-6H2. The second kappa shape index (κ2) is 1.18. The fourth-order valence-corrected chi connectivity index (χ4v) is 0.623. The van der Waals surface area contributed by atoms with Gasteiger partial charge in [-0.1, -0.05) is 0 Å². The van der Waals surface area contributed by atoms with E-state index in [0.717, 1.165) is 0 Å². The molecule has 0 amide bonds. The Balaban J connectivity index is 2.30. The summed E-state index contributed by atoms with van der Waals surface area (Å²) in [5, 5.41) is 8.79. The molecule has 7 heavy (non-hydrogen) atoms. The topological polar surface area (TPSA) is 72.3 Å². The first-order chi connectivity index (χ1) is 3.17. The third kappa shape index (κ3) is 0.748. The van der Waals surface area contributed by atoms with Crippen molar-refractivity contribution in [3.63, 3.8) is 0 Å². The molecule has 1 rings (SSSR count). The van der Waals surface area contributed by atoms with E-state index >= 15 is 0 Å². The summed E-state index contributed by atoms with van der Waals surface area (Å²) in [6.07, 6.45) is 0.670. The fourth-order valence-electron chi connectivity index (χ4n) is 0.623. The minimum atomic E-state index is -0.908. The summed E-state index contributed by atoms with van der Waals surface area (Å²) >= 11 is 0. The Bertz CT molecular complexity index is 81.8. The Hall–Kier alpha value is -0.120. The van der Waals surface area contributed by atoms with Gasteiger partial charge in [-0.2, -0.15) is 0 Å². The van der Waals surface area contributed by atoms with Crippen LogP contribution in [0.5, 0.6) is 0 Å². The maximum absolute atomic E-state index is 8.79. The van der Waals surface area contributed by atoms with Crippen molar-refractivity contribution < 1.29 is 5.11 Å². The number of hydrogen-bond acceptors (Lipinski definition) is 3. The molecule has 1 aliphatic rings. The number of hydrogen-bond donors (Lipinski definition) is 3. The second-order valence-corrected chi connectivity index (χ2v) is 2.13. The van der Waals surface area contributed by atoms with Gasteiger partial charge >= 0.3 is 0 Å². The van der Waals surface area contributed by atoms with Crippen molar-refractivity contribution >= 4 is 0 Å². The van der Waals surface area contributed by atoms with E-state index in [1.165, 1.54) is 0 Å². The van der Waals surface area contributed by atoms with Crippen molar-refractivity contribution in [3.05, 3.63) is 0 Å². The molecule has 5 N–H and O–H groups in total. The van der Waals surface area contributed by atoms with Crippen LogP contribution in [0, 0.1) is 5.92 Å². The highest BCUT2D eigenvalue weighted by molar-refractivity contribution is 4.98. The Kier molecular flexibility index (Phi) is 0.849. The lowest BCUT2D eigenvalue weighted by Crippen LogP contribution is -2.26. The highest BCUT2D eigenvalue weighted by Gasteiger charge is 2.48. The summed E-state index contributed by atoms with van der Waals surface area (Å²) in [4.78, 5) is 0. The van der Waals surface area contributed by atoms with Crippen molar-refractivity contribution in [2.24, 2.45) is 17.4 Å². The van der Waals surface area contributed by atoms with E-state index in [1.807, 2.05) is 0 Å².